The van der Waals surface area contributed by atoms with Crippen LogP contribution in [-0.4, -0.2) is 10.1 Å². The molecule has 0 atom stereocenters. The highest BCUT2D eigenvalue weighted by Gasteiger charge is 2.09. The predicted octanol–water partition coefficient (Wildman–Crippen LogP) is 3.58. The van der Waals surface area contributed by atoms with E-state index in [9.17, 15) is 4.39 Å². The van der Waals surface area contributed by atoms with E-state index in [2.05, 4.69) is 20.9 Å². The molecule has 0 aliphatic heterocycles. The van der Waals surface area contributed by atoms with E-state index in [1.54, 1.807) is 6.07 Å². The Balaban J connectivity index is 2.36. The van der Waals surface area contributed by atoms with Gasteiger partial charge in [0.25, 0.3) is 0 Å². The van der Waals surface area contributed by atoms with Crippen LogP contribution in [0, 0.1) is 12.7 Å². The van der Waals surface area contributed by atoms with E-state index in [1.165, 1.54) is 6.07 Å². The summed E-state index contributed by atoms with van der Waals surface area (Å²) in [6.45, 7) is 1.57. The SMILES string of the molecule is Cc1ccc(Br)cc1Oc1ncc(F)cc1CO. The molecule has 2 rings (SSSR count). The Kier molecular flexibility index (Phi) is 3.93. The van der Waals surface area contributed by atoms with E-state index in [1.807, 2.05) is 19.1 Å². The maximum absolute atomic E-state index is 13.0. The topological polar surface area (TPSA) is 42.4 Å². The van der Waals surface area contributed by atoms with Crippen LogP contribution in [-0.2, 0) is 6.61 Å². The number of aliphatic hydroxyl groups is 1. The Bertz CT molecular complexity index is 575. The molecule has 1 aromatic heterocycles. The number of hydrogen-bond donors (Lipinski definition) is 1. The van der Waals surface area contributed by atoms with Crippen molar-refractivity contribution in [3.8, 4) is 11.6 Å². The Morgan fingerprint density at radius 3 is 2.89 bits per heavy atom. The smallest absolute Gasteiger partial charge is 0.224 e. The molecule has 5 heteroatoms. The summed E-state index contributed by atoms with van der Waals surface area (Å²) in [4.78, 5) is 3.84. The second kappa shape index (κ2) is 5.46. The van der Waals surface area contributed by atoms with Gasteiger partial charge < -0.3 is 9.84 Å². The minimum Gasteiger partial charge on any atom is -0.438 e. The second-order valence-electron chi connectivity index (χ2n) is 3.79. The fourth-order valence-electron chi connectivity index (χ4n) is 1.46. The highest BCUT2D eigenvalue weighted by atomic mass is 79.9. The zero-order valence-corrected chi connectivity index (χ0v) is 11.2. The van der Waals surface area contributed by atoms with Crippen LogP contribution in [0.2, 0.25) is 0 Å². The van der Waals surface area contributed by atoms with E-state index < -0.39 is 5.82 Å². The monoisotopic (exact) mass is 311 g/mol. The van der Waals surface area contributed by atoms with Gasteiger partial charge >= 0.3 is 0 Å². The number of halogens is 2. The van der Waals surface area contributed by atoms with Gasteiger partial charge in [0.1, 0.15) is 11.6 Å². The molecule has 0 spiro atoms. The Labute approximate surface area is 112 Å². The summed E-state index contributed by atoms with van der Waals surface area (Å²) in [6.07, 6.45) is 1.06. The molecule has 0 fully saturated rings. The molecule has 0 aliphatic rings. The Hall–Kier alpha value is -1.46. The van der Waals surface area contributed by atoms with Crippen LogP contribution in [0.3, 0.4) is 0 Å². The van der Waals surface area contributed by atoms with Crippen molar-refractivity contribution in [1.29, 1.82) is 0 Å². The van der Waals surface area contributed by atoms with Crippen LogP contribution in [0.5, 0.6) is 11.6 Å². The van der Waals surface area contributed by atoms with Gasteiger partial charge in [-0.3, -0.25) is 0 Å². The molecular formula is C13H11BrFNO2. The molecule has 0 saturated carbocycles. The summed E-state index contributed by atoms with van der Waals surface area (Å²) in [5.41, 5.74) is 1.24. The first-order chi connectivity index (χ1) is 8.60. The molecule has 18 heavy (non-hydrogen) atoms. The fourth-order valence-corrected chi connectivity index (χ4v) is 1.80. The van der Waals surface area contributed by atoms with Gasteiger partial charge in [-0.25, -0.2) is 9.37 Å². The summed E-state index contributed by atoms with van der Waals surface area (Å²) in [5, 5.41) is 9.15. The largest absolute Gasteiger partial charge is 0.438 e. The molecule has 3 nitrogen and oxygen atoms in total. The van der Waals surface area contributed by atoms with E-state index in [0.29, 0.717) is 11.3 Å². The second-order valence-corrected chi connectivity index (χ2v) is 4.70. The summed E-state index contributed by atoms with van der Waals surface area (Å²) >= 11 is 3.35. The molecule has 2 aromatic rings. The van der Waals surface area contributed by atoms with Gasteiger partial charge in [0.05, 0.1) is 12.8 Å². The molecule has 1 aromatic carbocycles. The lowest BCUT2D eigenvalue weighted by molar-refractivity contribution is 0.274. The third-order valence-electron chi connectivity index (χ3n) is 2.42. The molecule has 1 N–H and O–H groups in total. The van der Waals surface area contributed by atoms with Crippen molar-refractivity contribution in [2.75, 3.05) is 0 Å². The van der Waals surface area contributed by atoms with Crippen LogP contribution >= 0.6 is 15.9 Å². The number of aromatic nitrogens is 1. The molecule has 94 valence electrons. The molecule has 0 radical (unpaired) electrons. The molecule has 0 amide bonds. The third kappa shape index (κ3) is 2.86. The number of aryl methyl sites for hydroxylation is 1. The van der Waals surface area contributed by atoms with Gasteiger partial charge in [-0.05, 0) is 30.7 Å². The summed E-state index contributed by atoms with van der Waals surface area (Å²) in [5.74, 6) is 0.315. The van der Waals surface area contributed by atoms with E-state index in [-0.39, 0.29) is 12.5 Å². The lowest BCUT2D eigenvalue weighted by Crippen LogP contribution is -1.97. The van der Waals surface area contributed by atoms with Crippen LogP contribution in [0.25, 0.3) is 0 Å². The maximum Gasteiger partial charge on any atom is 0.224 e. The van der Waals surface area contributed by atoms with Crippen LogP contribution in [0.1, 0.15) is 11.1 Å². The zero-order chi connectivity index (χ0) is 13.1. The van der Waals surface area contributed by atoms with Gasteiger partial charge in [0.15, 0.2) is 0 Å². The lowest BCUT2D eigenvalue weighted by atomic mass is 10.2. The van der Waals surface area contributed by atoms with Crippen molar-refractivity contribution in [3.63, 3.8) is 0 Å². The Morgan fingerprint density at radius 1 is 1.39 bits per heavy atom. The van der Waals surface area contributed by atoms with Gasteiger partial charge in [0, 0.05) is 10.0 Å². The molecule has 0 saturated heterocycles. The van der Waals surface area contributed by atoms with Gasteiger partial charge in [-0.15, -0.1) is 0 Å². The highest BCUT2D eigenvalue weighted by Crippen LogP contribution is 2.29. The normalized spacial score (nSPS) is 10.4. The van der Waals surface area contributed by atoms with Crippen molar-refractivity contribution in [3.05, 3.63) is 51.9 Å². The first-order valence-electron chi connectivity index (χ1n) is 5.29. The zero-order valence-electron chi connectivity index (χ0n) is 9.65. The number of aliphatic hydroxyl groups excluding tert-OH is 1. The Morgan fingerprint density at radius 2 is 2.17 bits per heavy atom. The number of ether oxygens (including phenoxy) is 1. The van der Waals surface area contributed by atoms with Crippen LogP contribution in [0.15, 0.2) is 34.9 Å². The minimum atomic E-state index is -0.502. The average Bonchev–Trinajstić information content (AvgIpc) is 2.36. The van der Waals surface area contributed by atoms with E-state index >= 15 is 0 Å². The standard InChI is InChI=1S/C13H11BrFNO2/c1-8-2-3-10(14)5-12(8)18-13-9(7-17)4-11(15)6-16-13/h2-6,17H,7H2,1H3. The fraction of sp³-hybridized carbons (Fsp3) is 0.154. The summed E-state index contributed by atoms with van der Waals surface area (Å²) in [7, 11) is 0. The first-order valence-corrected chi connectivity index (χ1v) is 6.08. The van der Waals surface area contributed by atoms with Crippen molar-refractivity contribution in [2.24, 2.45) is 0 Å². The summed E-state index contributed by atoms with van der Waals surface area (Å²) in [6, 6.07) is 6.78. The summed E-state index contributed by atoms with van der Waals surface area (Å²) < 4.78 is 19.4. The van der Waals surface area contributed by atoms with Crippen LogP contribution < -0.4 is 4.74 Å². The highest BCUT2D eigenvalue weighted by molar-refractivity contribution is 9.10. The minimum absolute atomic E-state index is 0.208. The third-order valence-corrected chi connectivity index (χ3v) is 2.91. The maximum atomic E-state index is 13.0. The quantitative estimate of drug-likeness (QED) is 0.942. The number of hydrogen-bond acceptors (Lipinski definition) is 3. The van der Waals surface area contributed by atoms with Crippen molar-refractivity contribution in [2.45, 2.75) is 13.5 Å². The number of pyridine rings is 1. The molecule has 0 bridgehead atoms. The van der Waals surface area contributed by atoms with Gasteiger partial charge in [0.2, 0.25) is 5.88 Å². The number of nitrogens with zero attached hydrogens (tertiary/aromatic N) is 1. The van der Waals surface area contributed by atoms with Crippen molar-refractivity contribution in [1.82, 2.24) is 4.98 Å². The van der Waals surface area contributed by atoms with Crippen molar-refractivity contribution < 1.29 is 14.2 Å². The van der Waals surface area contributed by atoms with Crippen molar-refractivity contribution >= 4 is 15.9 Å². The average molecular weight is 312 g/mol. The van der Waals surface area contributed by atoms with Gasteiger partial charge in [-0.1, -0.05) is 22.0 Å². The first kappa shape index (κ1) is 13.0. The molecule has 1 heterocycles. The number of benzene rings is 1. The van der Waals surface area contributed by atoms with Gasteiger partial charge in [-0.2, -0.15) is 0 Å². The molecule has 0 aliphatic carbocycles. The van der Waals surface area contributed by atoms with Crippen LogP contribution in [0.4, 0.5) is 4.39 Å². The molecule has 0 unspecified atom stereocenters. The predicted molar refractivity (Wildman–Crippen MR) is 69.1 cm³/mol. The number of rotatable bonds is 3. The van der Waals surface area contributed by atoms with E-state index in [0.717, 1.165) is 16.2 Å². The molecular weight excluding hydrogens is 301 g/mol. The lowest BCUT2D eigenvalue weighted by Gasteiger charge is -2.11. The van der Waals surface area contributed by atoms with E-state index in [4.69, 9.17) is 9.84 Å².